The topological polar surface area (TPSA) is 104 Å². The third kappa shape index (κ3) is 5.56. The molecule has 0 saturated heterocycles. The van der Waals surface area contributed by atoms with E-state index >= 15 is 0 Å². The number of carbonyl (C=O) groups excluding carboxylic acids is 2. The summed E-state index contributed by atoms with van der Waals surface area (Å²) in [6, 6.07) is 5.97. The third-order valence-electron chi connectivity index (χ3n) is 5.28. The summed E-state index contributed by atoms with van der Waals surface area (Å²) in [6.07, 6.45) is 3.87. The van der Waals surface area contributed by atoms with E-state index in [1.807, 2.05) is 32.0 Å². The molecule has 0 atom stereocenters. The first-order valence-electron chi connectivity index (χ1n) is 10.6. The molecule has 0 bridgehead atoms. The molecule has 10 heteroatoms. The van der Waals surface area contributed by atoms with Crippen LogP contribution < -0.4 is 10.1 Å². The van der Waals surface area contributed by atoms with E-state index in [9.17, 15) is 9.59 Å². The lowest BCUT2D eigenvalue weighted by Gasteiger charge is -2.11. The standard InChI is InChI=1S/C23H25N3O5S2/c1-13-8-9-14(2)16(10-13)30-11-19-25-26-23(31-19)32-12-18(27)24-21-20(22(28)29-3)15-6-4-5-7-17(15)33-21/h8-10H,4-7,11-12H2,1-3H3,(H,24,27). The van der Waals surface area contributed by atoms with Crippen LogP contribution in [-0.2, 0) is 29.0 Å². The highest BCUT2D eigenvalue weighted by molar-refractivity contribution is 7.99. The van der Waals surface area contributed by atoms with Crippen LogP contribution in [0.2, 0.25) is 0 Å². The zero-order chi connectivity index (χ0) is 23.4. The molecule has 2 aromatic heterocycles. The minimum atomic E-state index is -0.414. The number of hydrogen-bond acceptors (Lipinski definition) is 9. The Morgan fingerprint density at radius 3 is 2.85 bits per heavy atom. The summed E-state index contributed by atoms with van der Waals surface area (Å²) in [5.74, 6) is 0.500. The molecule has 1 aromatic carbocycles. The van der Waals surface area contributed by atoms with Crippen molar-refractivity contribution in [3.8, 4) is 5.75 Å². The molecule has 1 N–H and O–H groups in total. The Balaban J connectivity index is 1.34. The Bertz CT molecular complexity index is 1170. The maximum atomic E-state index is 12.6. The van der Waals surface area contributed by atoms with Crippen molar-refractivity contribution in [2.24, 2.45) is 0 Å². The van der Waals surface area contributed by atoms with E-state index in [0.717, 1.165) is 64.8 Å². The Labute approximate surface area is 200 Å². The van der Waals surface area contributed by atoms with Gasteiger partial charge in [-0.3, -0.25) is 4.79 Å². The molecule has 1 aliphatic carbocycles. The fourth-order valence-corrected chi connectivity index (χ4v) is 5.49. The molecule has 174 valence electrons. The van der Waals surface area contributed by atoms with Crippen molar-refractivity contribution in [2.75, 3.05) is 18.2 Å². The van der Waals surface area contributed by atoms with Gasteiger partial charge in [0.15, 0.2) is 6.61 Å². The van der Waals surface area contributed by atoms with Crippen LogP contribution in [-0.4, -0.2) is 34.9 Å². The van der Waals surface area contributed by atoms with Crippen molar-refractivity contribution in [3.63, 3.8) is 0 Å². The average Bonchev–Trinajstić information content (AvgIpc) is 3.41. The highest BCUT2D eigenvalue weighted by Gasteiger charge is 2.27. The molecule has 33 heavy (non-hydrogen) atoms. The van der Waals surface area contributed by atoms with Crippen molar-refractivity contribution in [3.05, 3.63) is 51.2 Å². The quantitative estimate of drug-likeness (QED) is 0.359. The first kappa shape index (κ1) is 23.3. The maximum absolute atomic E-state index is 12.6. The van der Waals surface area contributed by atoms with Gasteiger partial charge in [0.1, 0.15) is 10.8 Å². The molecule has 4 rings (SSSR count). The smallest absolute Gasteiger partial charge is 0.341 e. The monoisotopic (exact) mass is 487 g/mol. The van der Waals surface area contributed by atoms with Crippen molar-refractivity contribution in [2.45, 2.75) is 51.4 Å². The van der Waals surface area contributed by atoms with Crippen LogP contribution >= 0.6 is 23.1 Å². The summed E-state index contributed by atoms with van der Waals surface area (Å²) in [4.78, 5) is 26.0. The van der Waals surface area contributed by atoms with E-state index in [0.29, 0.717) is 16.5 Å². The van der Waals surface area contributed by atoms with E-state index < -0.39 is 5.97 Å². The number of aryl methyl sites for hydroxylation is 3. The first-order chi connectivity index (χ1) is 15.9. The summed E-state index contributed by atoms with van der Waals surface area (Å²) in [5.41, 5.74) is 3.61. The highest BCUT2D eigenvalue weighted by atomic mass is 32.2. The van der Waals surface area contributed by atoms with E-state index in [1.165, 1.54) is 18.4 Å². The molecular weight excluding hydrogens is 462 g/mol. The Morgan fingerprint density at radius 1 is 1.21 bits per heavy atom. The lowest BCUT2D eigenvalue weighted by atomic mass is 9.95. The Kier molecular flexibility index (Phi) is 7.34. The predicted octanol–water partition coefficient (Wildman–Crippen LogP) is 4.72. The van der Waals surface area contributed by atoms with Crippen molar-refractivity contribution >= 4 is 40.0 Å². The van der Waals surface area contributed by atoms with Crippen LogP contribution in [0.3, 0.4) is 0 Å². The van der Waals surface area contributed by atoms with Gasteiger partial charge in [-0.2, -0.15) is 0 Å². The molecule has 0 saturated carbocycles. The summed E-state index contributed by atoms with van der Waals surface area (Å²) in [6.45, 7) is 4.11. The fourth-order valence-electron chi connectivity index (χ4n) is 3.62. The molecular formula is C23H25N3O5S2. The van der Waals surface area contributed by atoms with Gasteiger partial charge in [-0.1, -0.05) is 23.9 Å². The van der Waals surface area contributed by atoms with Gasteiger partial charge < -0.3 is 19.2 Å². The second-order valence-corrected chi connectivity index (χ2v) is 9.79. The zero-order valence-corrected chi connectivity index (χ0v) is 20.4. The molecule has 2 heterocycles. The number of carbonyl (C=O) groups is 2. The molecule has 0 aliphatic heterocycles. The molecule has 3 aromatic rings. The van der Waals surface area contributed by atoms with Crippen molar-refractivity contribution in [1.82, 2.24) is 10.2 Å². The first-order valence-corrected chi connectivity index (χ1v) is 12.4. The lowest BCUT2D eigenvalue weighted by Crippen LogP contribution is -2.16. The van der Waals surface area contributed by atoms with Crippen LogP contribution in [0.15, 0.2) is 27.8 Å². The van der Waals surface area contributed by atoms with E-state index in [4.69, 9.17) is 13.9 Å². The number of thioether (sulfide) groups is 1. The second-order valence-electron chi connectivity index (χ2n) is 7.76. The number of aromatic nitrogens is 2. The van der Waals surface area contributed by atoms with Gasteiger partial charge in [-0.25, -0.2) is 4.79 Å². The molecule has 1 aliphatic rings. The Hall–Kier alpha value is -2.85. The van der Waals surface area contributed by atoms with E-state index in [-0.39, 0.29) is 23.5 Å². The number of amides is 1. The molecule has 0 unspecified atom stereocenters. The van der Waals surface area contributed by atoms with E-state index in [2.05, 4.69) is 15.5 Å². The zero-order valence-electron chi connectivity index (χ0n) is 18.7. The number of benzene rings is 1. The van der Waals surface area contributed by atoms with E-state index in [1.54, 1.807) is 0 Å². The number of hydrogen-bond donors (Lipinski definition) is 1. The average molecular weight is 488 g/mol. The summed E-state index contributed by atoms with van der Waals surface area (Å²) < 4.78 is 16.3. The Morgan fingerprint density at radius 2 is 2.03 bits per heavy atom. The molecule has 8 nitrogen and oxygen atoms in total. The van der Waals surface area contributed by atoms with Crippen LogP contribution in [0, 0.1) is 13.8 Å². The number of anilines is 1. The SMILES string of the molecule is COC(=O)c1c(NC(=O)CSc2nnc(COc3cc(C)ccc3C)o2)sc2c1CCCC2. The third-order valence-corrected chi connectivity index (χ3v) is 7.31. The number of methoxy groups -OCH3 is 1. The van der Waals surface area contributed by atoms with Gasteiger partial charge in [-0.15, -0.1) is 21.5 Å². The molecule has 0 radical (unpaired) electrons. The number of thiophene rings is 1. The second kappa shape index (κ2) is 10.4. The minimum absolute atomic E-state index is 0.0721. The highest BCUT2D eigenvalue weighted by Crippen LogP contribution is 2.38. The molecule has 1 amide bonds. The number of rotatable bonds is 8. The van der Waals surface area contributed by atoms with Gasteiger partial charge in [-0.05, 0) is 62.3 Å². The normalized spacial score (nSPS) is 12.8. The fraction of sp³-hybridized carbons (Fsp3) is 0.391. The number of ether oxygens (including phenoxy) is 2. The van der Waals surface area contributed by atoms with Crippen LogP contribution in [0.4, 0.5) is 5.00 Å². The van der Waals surface area contributed by atoms with Gasteiger partial charge in [0.2, 0.25) is 5.91 Å². The van der Waals surface area contributed by atoms with Gasteiger partial charge >= 0.3 is 5.97 Å². The van der Waals surface area contributed by atoms with Crippen LogP contribution in [0.25, 0.3) is 0 Å². The van der Waals surface area contributed by atoms with Gasteiger partial charge in [0.25, 0.3) is 11.1 Å². The number of nitrogens with zero attached hydrogens (tertiary/aromatic N) is 2. The molecule has 0 fully saturated rings. The predicted molar refractivity (Wildman–Crippen MR) is 126 cm³/mol. The number of esters is 1. The van der Waals surface area contributed by atoms with Crippen LogP contribution in [0.5, 0.6) is 5.75 Å². The summed E-state index contributed by atoms with van der Waals surface area (Å²) >= 11 is 2.59. The van der Waals surface area contributed by atoms with Crippen molar-refractivity contribution < 1.29 is 23.5 Å². The number of nitrogens with one attached hydrogen (secondary N) is 1. The lowest BCUT2D eigenvalue weighted by molar-refractivity contribution is -0.113. The van der Waals surface area contributed by atoms with Gasteiger partial charge in [0, 0.05) is 4.88 Å². The maximum Gasteiger partial charge on any atom is 0.341 e. The van der Waals surface area contributed by atoms with Gasteiger partial charge in [0.05, 0.1) is 18.4 Å². The number of fused-ring (bicyclic) bond motifs is 1. The molecule has 0 spiro atoms. The van der Waals surface area contributed by atoms with Crippen LogP contribution in [0.1, 0.15) is 50.7 Å². The summed E-state index contributed by atoms with van der Waals surface area (Å²) in [5, 5.41) is 11.6. The minimum Gasteiger partial charge on any atom is -0.484 e. The van der Waals surface area contributed by atoms with Crippen molar-refractivity contribution in [1.29, 1.82) is 0 Å². The largest absolute Gasteiger partial charge is 0.484 e. The summed E-state index contributed by atoms with van der Waals surface area (Å²) in [7, 11) is 1.35.